The van der Waals surface area contributed by atoms with Gasteiger partial charge in [0, 0.05) is 42.3 Å². The third-order valence-corrected chi connectivity index (χ3v) is 6.68. The lowest BCUT2D eigenvalue weighted by Crippen LogP contribution is -2.45. The number of aryl methyl sites for hydroxylation is 2. The molecule has 0 atom stereocenters. The summed E-state index contributed by atoms with van der Waals surface area (Å²) in [6, 6.07) is 8.75. The molecule has 0 unspecified atom stereocenters. The molecule has 0 bridgehead atoms. The summed E-state index contributed by atoms with van der Waals surface area (Å²) in [6.45, 7) is 1.76. The highest BCUT2D eigenvalue weighted by Crippen LogP contribution is 2.40. The van der Waals surface area contributed by atoms with Gasteiger partial charge in [0.15, 0.2) is 0 Å². The predicted molar refractivity (Wildman–Crippen MR) is 129 cm³/mol. The van der Waals surface area contributed by atoms with Gasteiger partial charge >= 0.3 is 6.18 Å². The van der Waals surface area contributed by atoms with Gasteiger partial charge in [0.25, 0.3) is 5.91 Å². The molecule has 0 spiro atoms. The van der Waals surface area contributed by atoms with E-state index in [2.05, 4.69) is 10.1 Å². The Morgan fingerprint density at radius 2 is 1.86 bits per heavy atom. The second kappa shape index (κ2) is 7.69. The van der Waals surface area contributed by atoms with E-state index in [0.29, 0.717) is 33.5 Å². The van der Waals surface area contributed by atoms with Crippen LogP contribution in [0.2, 0.25) is 0 Å². The molecule has 0 aliphatic carbocycles. The van der Waals surface area contributed by atoms with Crippen molar-refractivity contribution in [3.63, 3.8) is 0 Å². The number of carbonyl (C=O) groups is 1. The summed E-state index contributed by atoms with van der Waals surface area (Å²) in [5.74, 6) is -0.759. The van der Waals surface area contributed by atoms with Crippen molar-refractivity contribution in [2.75, 3.05) is 0 Å². The molecular weight excluding hydrogens is 458 g/mol. The zero-order chi connectivity index (χ0) is 25.3. The Labute approximate surface area is 200 Å². The minimum Gasteiger partial charge on any atom is -0.339 e. The fourth-order valence-corrected chi connectivity index (χ4v) is 4.85. The Balaban J connectivity index is 1.56. The lowest BCUT2D eigenvalue weighted by atomic mass is 9.59. The van der Waals surface area contributed by atoms with Crippen molar-refractivity contribution in [1.29, 1.82) is 0 Å². The van der Waals surface area contributed by atoms with Crippen LogP contribution in [0.25, 0.3) is 22.0 Å². The van der Waals surface area contributed by atoms with Crippen LogP contribution in [0, 0.1) is 12.7 Å². The molecule has 2 aromatic heterocycles. The summed E-state index contributed by atoms with van der Waals surface area (Å²) in [5.41, 5.74) is 1.93. The SMILES string of the molecule is BC1(B)c2ncccc2C(=O)N1Cc1c(C)cc(-c2ccc(C(F)(F)F)c3nn(C)cc23)cc1F. The molecule has 1 aliphatic heterocycles. The van der Waals surface area contributed by atoms with Crippen LogP contribution in [-0.2, 0) is 25.1 Å². The third kappa shape index (κ3) is 3.61. The van der Waals surface area contributed by atoms with Crippen LogP contribution in [0.4, 0.5) is 17.6 Å². The van der Waals surface area contributed by atoms with Crippen LogP contribution >= 0.6 is 0 Å². The van der Waals surface area contributed by atoms with Gasteiger partial charge in [-0.05, 0) is 47.9 Å². The number of carbonyl (C=O) groups excluding carboxylic acids is 1. The molecule has 5 rings (SSSR count). The molecule has 2 aromatic carbocycles. The number of nitrogens with zero attached hydrogens (tertiary/aromatic N) is 4. The first-order valence-corrected chi connectivity index (χ1v) is 11.0. The normalized spacial score (nSPS) is 15.1. The monoisotopic (exact) mass is 478 g/mol. The van der Waals surface area contributed by atoms with Crippen molar-refractivity contribution >= 4 is 32.5 Å². The average molecular weight is 478 g/mol. The highest BCUT2D eigenvalue weighted by atomic mass is 19.4. The zero-order valence-electron chi connectivity index (χ0n) is 19.5. The van der Waals surface area contributed by atoms with Crippen LogP contribution < -0.4 is 0 Å². The van der Waals surface area contributed by atoms with Crippen LogP contribution in [-0.4, -0.2) is 41.3 Å². The second-order valence-corrected chi connectivity index (χ2v) is 9.33. The quantitative estimate of drug-likeness (QED) is 0.336. The van der Waals surface area contributed by atoms with Crippen molar-refractivity contribution in [2.24, 2.45) is 7.05 Å². The average Bonchev–Trinajstić information content (AvgIpc) is 3.25. The van der Waals surface area contributed by atoms with Gasteiger partial charge in [0.2, 0.25) is 0 Å². The van der Waals surface area contributed by atoms with Gasteiger partial charge in [-0.15, -0.1) is 0 Å². The third-order valence-electron chi connectivity index (χ3n) is 6.68. The van der Waals surface area contributed by atoms with E-state index in [9.17, 15) is 18.0 Å². The smallest absolute Gasteiger partial charge is 0.339 e. The summed E-state index contributed by atoms with van der Waals surface area (Å²) in [6.07, 6.45) is -1.43. The summed E-state index contributed by atoms with van der Waals surface area (Å²) in [4.78, 5) is 19.0. The number of aromatic nitrogens is 3. The molecule has 176 valence electrons. The molecule has 1 aliphatic rings. The molecular formula is C24H20B2F4N4O. The molecule has 4 aromatic rings. The zero-order valence-corrected chi connectivity index (χ0v) is 19.5. The fraction of sp³-hybridized carbons (Fsp3) is 0.208. The van der Waals surface area contributed by atoms with E-state index in [1.54, 1.807) is 43.3 Å². The maximum absolute atomic E-state index is 15.5. The van der Waals surface area contributed by atoms with Gasteiger partial charge in [0.1, 0.15) is 27.0 Å². The van der Waals surface area contributed by atoms with Crippen molar-refractivity contribution in [1.82, 2.24) is 19.7 Å². The lowest BCUT2D eigenvalue weighted by Gasteiger charge is -2.33. The number of fused-ring (bicyclic) bond motifs is 2. The minimum absolute atomic E-state index is 0.0372. The summed E-state index contributed by atoms with van der Waals surface area (Å²) in [5, 5.41) is 3.56. The maximum Gasteiger partial charge on any atom is 0.418 e. The number of hydrogen-bond donors (Lipinski definition) is 0. The first-order valence-electron chi connectivity index (χ1n) is 11.0. The lowest BCUT2D eigenvalue weighted by molar-refractivity contribution is -0.136. The van der Waals surface area contributed by atoms with Gasteiger partial charge < -0.3 is 4.90 Å². The summed E-state index contributed by atoms with van der Waals surface area (Å²) >= 11 is 0. The van der Waals surface area contributed by atoms with E-state index in [1.165, 1.54) is 23.0 Å². The Hall–Kier alpha value is -3.62. The topological polar surface area (TPSA) is 51.0 Å². The largest absolute Gasteiger partial charge is 0.418 e. The molecule has 3 heterocycles. The number of alkyl halides is 3. The van der Waals surface area contributed by atoms with Crippen molar-refractivity contribution < 1.29 is 22.4 Å². The van der Waals surface area contributed by atoms with E-state index >= 15 is 4.39 Å². The molecule has 0 N–H and O–H groups in total. The molecule has 5 nitrogen and oxygen atoms in total. The van der Waals surface area contributed by atoms with Crippen molar-refractivity contribution in [3.8, 4) is 11.1 Å². The highest BCUT2D eigenvalue weighted by Gasteiger charge is 2.44. The van der Waals surface area contributed by atoms with Gasteiger partial charge in [-0.25, -0.2) is 4.39 Å². The Bertz CT molecular complexity index is 1490. The Morgan fingerprint density at radius 3 is 2.51 bits per heavy atom. The number of amides is 1. The standard InChI is InChI=1S/C24H20B2F4N4O/c1-12-8-13(14-5-6-18(24(28,29)30)20-17(14)10-33(2)32-20)9-19(27)16(12)11-34-22(35)15-4-3-7-31-21(15)23(34,25)26/h3-10H,11,25-26H2,1-2H3. The van der Waals surface area contributed by atoms with Crippen molar-refractivity contribution in [2.45, 2.75) is 25.0 Å². The molecule has 1 amide bonds. The van der Waals surface area contributed by atoms with E-state index < -0.39 is 22.9 Å². The number of rotatable bonds is 3. The molecule has 35 heavy (non-hydrogen) atoms. The van der Waals surface area contributed by atoms with E-state index in [4.69, 9.17) is 0 Å². The first-order chi connectivity index (χ1) is 16.4. The van der Waals surface area contributed by atoms with E-state index in [0.717, 1.165) is 6.07 Å². The summed E-state index contributed by atoms with van der Waals surface area (Å²) < 4.78 is 57.2. The number of halogens is 4. The van der Waals surface area contributed by atoms with Gasteiger partial charge in [-0.1, -0.05) is 12.1 Å². The highest BCUT2D eigenvalue weighted by molar-refractivity contribution is 6.42. The van der Waals surface area contributed by atoms with Crippen LogP contribution in [0.3, 0.4) is 0 Å². The van der Waals surface area contributed by atoms with Crippen LogP contribution in [0.1, 0.15) is 32.7 Å². The first kappa shape index (κ1) is 23.1. The maximum atomic E-state index is 15.5. The summed E-state index contributed by atoms with van der Waals surface area (Å²) in [7, 11) is 5.28. The molecule has 0 fully saturated rings. The Morgan fingerprint density at radius 1 is 1.11 bits per heavy atom. The molecule has 0 saturated carbocycles. The molecule has 0 saturated heterocycles. The van der Waals surface area contributed by atoms with E-state index in [-0.39, 0.29) is 23.4 Å². The minimum atomic E-state index is -4.56. The van der Waals surface area contributed by atoms with Gasteiger partial charge in [0.05, 0.1) is 16.8 Å². The van der Waals surface area contributed by atoms with E-state index in [1.807, 2.05) is 15.7 Å². The van der Waals surface area contributed by atoms with Gasteiger partial charge in [-0.3, -0.25) is 14.5 Å². The number of benzene rings is 2. The predicted octanol–water partition coefficient (Wildman–Crippen LogP) is 3.13. The Kier molecular flexibility index (Phi) is 5.09. The second-order valence-electron chi connectivity index (χ2n) is 9.33. The number of pyridine rings is 1. The molecule has 11 heteroatoms. The van der Waals surface area contributed by atoms with Crippen LogP contribution in [0.5, 0.6) is 0 Å². The fourth-order valence-electron chi connectivity index (χ4n) is 4.85. The molecule has 0 radical (unpaired) electrons. The van der Waals surface area contributed by atoms with Crippen molar-refractivity contribution in [3.05, 3.63) is 82.6 Å². The van der Waals surface area contributed by atoms with Crippen LogP contribution in [0.15, 0.2) is 48.8 Å². The van der Waals surface area contributed by atoms with Gasteiger partial charge in [-0.2, -0.15) is 18.3 Å². The number of hydrogen-bond acceptors (Lipinski definition) is 3.